The van der Waals surface area contributed by atoms with E-state index in [0.717, 1.165) is 10.4 Å². The maximum Gasteiger partial charge on any atom is 0.337 e. The Hall–Kier alpha value is -3.32. The number of thiophene rings is 1. The zero-order chi connectivity index (χ0) is 20.6. The van der Waals surface area contributed by atoms with E-state index in [-0.39, 0.29) is 18.6 Å². The summed E-state index contributed by atoms with van der Waals surface area (Å²) in [5, 5.41) is 4.99. The minimum Gasteiger partial charge on any atom is -0.493 e. The third-order valence-electron chi connectivity index (χ3n) is 4.21. The summed E-state index contributed by atoms with van der Waals surface area (Å²) in [5.41, 5.74) is 1.33. The standard InChI is InChI=1S/C22H21NO5S/c1-26-18-13-16(22(25)27-2)10-11-17(18)28-14-20(24)23-21(19-9-6-12-29-19)15-7-4-3-5-8-15/h3-13,21H,14H2,1-2H3,(H,23,24)/t21-/m0/s1. The molecule has 7 heteroatoms. The van der Waals surface area contributed by atoms with E-state index in [1.165, 1.54) is 20.3 Å². The molecule has 3 rings (SSSR count). The molecule has 0 fully saturated rings. The van der Waals surface area contributed by atoms with Crippen LogP contribution in [0.15, 0.2) is 66.0 Å². The molecule has 0 aliphatic heterocycles. The van der Waals surface area contributed by atoms with Crippen molar-refractivity contribution in [2.24, 2.45) is 0 Å². The van der Waals surface area contributed by atoms with E-state index in [9.17, 15) is 9.59 Å². The van der Waals surface area contributed by atoms with Crippen molar-refractivity contribution in [3.05, 3.63) is 82.0 Å². The van der Waals surface area contributed by atoms with E-state index in [1.807, 2.05) is 47.8 Å². The average Bonchev–Trinajstić information content (AvgIpc) is 3.30. The number of amides is 1. The van der Waals surface area contributed by atoms with Gasteiger partial charge in [-0.3, -0.25) is 4.79 Å². The molecule has 150 valence electrons. The van der Waals surface area contributed by atoms with Gasteiger partial charge in [-0.1, -0.05) is 36.4 Å². The van der Waals surface area contributed by atoms with Gasteiger partial charge in [0.1, 0.15) is 0 Å². The lowest BCUT2D eigenvalue weighted by molar-refractivity contribution is -0.123. The molecule has 0 spiro atoms. The number of carbonyl (C=O) groups excluding carboxylic acids is 2. The Balaban J connectivity index is 1.69. The zero-order valence-electron chi connectivity index (χ0n) is 16.1. The molecule has 6 nitrogen and oxygen atoms in total. The number of nitrogens with one attached hydrogen (secondary N) is 1. The highest BCUT2D eigenvalue weighted by Crippen LogP contribution is 2.29. The summed E-state index contributed by atoms with van der Waals surface area (Å²) in [7, 11) is 2.77. The Morgan fingerprint density at radius 2 is 1.79 bits per heavy atom. The Bertz CT molecular complexity index is 957. The highest BCUT2D eigenvalue weighted by molar-refractivity contribution is 7.10. The Labute approximate surface area is 173 Å². The Morgan fingerprint density at radius 1 is 1.00 bits per heavy atom. The first kappa shape index (κ1) is 20.4. The maximum atomic E-state index is 12.6. The van der Waals surface area contributed by atoms with Gasteiger partial charge in [0.05, 0.1) is 25.8 Å². The van der Waals surface area contributed by atoms with E-state index in [1.54, 1.807) is 23.5 Å². The van der Waals surface area contributed by atoms with Crippen LogP contribution >= 0.6 is 11.3 Å². The number of rotatable bonds is 8. The van der Waals surface area contributed by atoms with Crippen molar-refractivity contribution in [3.63, 3.8) is 0 Å². The van der Waals surface area contributed by atoms with Crippen molar-refractivity contribution in [1.82, 2.24) is 5.32 Å². The minimum atomic E-state index is -0.478. The van der Waals surface area contributed by atoms with Crippen molar-refractivity contribution in [2.45, 2.75) is 6.04 Å². The van der Waals surface area contributed by atoms with Crippen LogP contribution in [-0.4, -0.2) is 32.7 Å². The summed E-state index contributed by atoms with van der Waals surface area (Å²) in [6, 6.07) is 18.1. The number of hydrogen-bond acceptors (Lipinski definition) is 6. The summed E-state index contributed by atoms with van der Waals surface area (Å²) >= 11 is 1.58. The lowest BCUT2D eigenvalue weighted by atomic mass is 10.1. The molecule has 0 unspecified atom stereocenters. The van der Waals surface area contributed by atoms with Gasteiger partial charge < -0.3 is 19.5 Å². The van der Waals surface area contributed by atoms with Crippen LogP contribution in [0.1, 0.15) is 26.8 Å². The van der Waals surface area contributed by atoms with Crippen LogP contribution in [0.25, 0.3) is 0 Å². The number of methoxy groups -OCH3 is 2. The summed E-state index contributed by atoms with van der Waals surface area (Å²) in [5.74, 6) is -0.0400. The molecular weight excluding hydrogens is 390 g/mol. The summed E-state index contributed by atoms with van der Waals surface area (Å²) < 4.78 is 15.6. The fourth-order valence-electron chi connectivity index (χ4n) is 2.80. The summed E-state index contributed by atoms with van der Waals surface area (Å²) in [6.45, 7) is -0.192. The fraction of sp³-hybridized carbons (Fsp3) is 0.182. The van der Waals surface area contributed by atoms with E-state index in [2.05, 4.69) is 5.32 Å². The van der Waals surface area contributed by atoms with Crippen LogP contribution in [0.3, 0.4) is 0 Å². The van der Waals surface area contributed by atoms with Gasteiger partial charge in [-0.05, 0) is 35.2 Å². The number of ether oxygens (including phenoxy) is 3. The van der Waals surface area contributed by atoms with Crippen LogP contribution in [0.2, 0.25) is 0 Å². The molecule has 0 bridgehead atoms. The van der Waals surface area contributed by atoms with Gasteiger partial charge in [-0.15, -0.1) is 11.3 Å². The Morgan fingerprint density at radius 3 is 2.45 bits per heavy atom. The topological polar surface area (TPSA) is 73.9 Å². The number of benzene rings is 2. The van der Waals surface area contributed by atoms with Crippen LogP contribution < -0.4 is 14.8 Å². The molecule has 0 saturated carbocycles. The zero-order valence-corrected chi connectivity index (χ0v) is 16.9. The van der Waals surface area contributed by atoms with Crippen molar-refractivity contribution >= 4 is 23.2 Å². The van der Waals surface area contributed by atoms with E-state index in [0.29, 0.717) is 17.1 Å². The van der Waals surface area contributed by atoms with Crippen LogP contribution in [-0.2, 0) is 9.53 Å². The van der Waals surface area contributed by atoms with Gasteiger partial charge in [-0.2, -0.15) is 0 Å². The molecule has 0 saturated heterocycles. The quantitative estimate of drug-likeness (QED) is 0.571. The number of carbonyl (C=O) groups is 2. The third kappa shape index (κ3) is 5.14. The summed E-state index contributed by atoms with van der Waals surface area (Å²) in [6.07, 6.45) is 0. The first-order valence-electron chi connectivity index (χ1n) is 8.89. The molecule has 2 aromatic carbocycles. The molecule has 1 atom stereocenters. The smallest absolute Gasteiger partial charge is 0.337 e. The third-order valence-corrected chi connectivity index (χ3v) is 5.15. The molecule has 0 aliphatic carbocycles. The van der Waals surface area contributed by atoms with Gasteiger partial charge in [0, 0.05) is 4.88 Å². The molecule has 29 heavy (non-hydrogen) atoms. The largest absolute Gasteiger partial charge is 0.493 e. The van der Waals surface area contributed by atoms with Crippen molar-refractivity contribution in [3.8, 4) is 11.5 Å². The maximum absolute atomic E-state index is 12.6. The molecule has 3 aromatic rings. The second kappa shape index (κ2) is 9.75. The SMILES string of the molecule is COC(=O)c1ccc(OCC(=O)N[C@@H](c2ccccc2)c2cccs2)c(OC)c1. The molecule has 1 heterocycles. The second-order valence-electron chi connectivity index (χ2n) is 6.07. The minimum absolute atomic E-state index is 0.192. The molecule has 1 N–H and O–H groups in total. The molecular formula is C22H21NO5S. The van der Waals surface area contributed by atoms with Crippen molar-refractivity contribution in [2.75, 3.05) is 20.8 Å². The predicted molar refractivity (Wildman–Crippen MR) is 111 cm³/mol. The number of hydrogen-bond donors (Lipinski definition) is 1. The molecule has 0 aliphatic rings. The summed E-state index contributed by atoms with van der Waals surface area (Å²) in [4.78, 5) is 25.2. The Kier molecular flexibility index (Phi) is 6.86. The first-order valence-corrected chi connectivity index (χ1v) is 9.77. The van der Waals surface area contributed by atoms with Crippen LogP contribution in [0.4, 0.5) is 0 Å². The fourth-order valence-corrected chi connectivity index (χ4v) is 3.60. The van der Waals surface area contributed by atoms with Gasteiger partial charge >= 0.3 is 5.97 Å². The van der Waals surface area contributed by atoms with Crippen LogP contribution in [0, 0.1) is 0 Å². The monoisotopic (exact) mass is 411 g/mol. The second-order valence-corrected chi connectivity index (χ2v) is 7.05. The molecule has 1 aromatic heterocycles. The highest BCUT2D eigenvalue weighted by atomic mass is 32.1. The predicted octanol–water partition coefficient (Wildman–Crippen LogP) is 3.83. The van der Waals surface area contributed by atoms with Crippen LogP contribution in [0.5, 0.6) is 11.5 Å². The average molecular weight is 411 g/mol. The van der Waals surface area contributed by atoms with Crippen molar-refractivity contribution < 1.29 is 23.8 Å². The van der Waals surface area contributed by atoms with E-state index >= 15 is 0 Å². The van der Waals surface area contributed by atoms with Crippen molar-refractivity contribution in [1.29, 1.82) is 0 Å². The van der Waals surface area contributed by atoms with E-state index < -0.39 is 5.97 Å². The lowest BCUT2D eigenvalue weighted by Crippen LogP contribution is -2.32. The van der Waals surface area contributed by atoms with Gasteiger partial charge in [0.2, 0.25) is 0 Å². The van der Waals surface area contributed by atoms with Gasteiger partial charge in [-0.25, -0.2) is 4.79 Å². The number of esters is 1. The first-order chi connectivity index (χ1) is 14.1. The normalized spacial score (nSPS) is 11.4. The highest BCUT2D eigenvalue weighted by Gasteiger charge is 2.19. The van der Waals surface area contributed by atoms with Gasteiger partial charge in [0.15, 0.2) is 18.1 Å². The molecule has 1 amide bonds. The van der Waals surface area contributed by atoms with Gasteiger partial charge in [0.25, 0.3) is 5.91 Å². The van der Waals surface area contributed by atoms with E-state index in [4.69, 9.17) is 14.2 Å². The molecule has 0 radical (unpaired) electrons. The lowest BCUT2D eigenvalue weighted by Gasteiger charge is -2.18.